The van der Waals surface area contributed by atoms with Crippen LogP contribution < -0.4 is 15.4 Å². The van der Waals surface area contributed by atoms with E-state index in [1.807, 2.05) is 37.4 Å². The summed E-state index contributed by atoms with van der Waals surface area (Å²) in [5.41, 5.74) is 3.93. The zero-order valence-corrected chi connectivity index (χ0v) is 20.2. The van der Waals surface area contributed by atoms with E-state index in [1.54, 1.807) is 42.6 Å². The first-order valence-electron chi connectivity index (χ1n) is 11.8. The van der Waals surface area contributed by atoms with Gasteiger partial charge in [0.2, 0.25) is 11.7 Å². The second kappa shape index (κ2) is 11.3. The summed E-state index contributed by atoms with van der Waals surface area (Å²) in [5.74, 6) is 1.38. The fourth-order valence-corrected chi connectivity index (χ4v) is 3.79. The number of aromatic amines is 1. The highest BCUT2D eigenvalue weighted by Crippen LogP contribution is 2.35. The largest absolute Gasteiger partial charge is 0.507 e. The second-order valence-corrected chi connectivity index (χ2v) is 8.07. The number of nitrogens with zero attached hydrogens (tertiary/aromatic N) is 2. The topological polar surface area (TPSA) is 141 Å². The molecule has 9 nitrogen and oxygen atoms in total. The zero-order chi connectivity index (χ0) is 25.5. The highest BCUT2D eigenvalue weighted by Gasteiger charge is 2.16. The number of nitrogens with two attached hydrogens (primary N) is 1. The van der Waals surface area contributed by atoms with E-state index in [0.717, 1.165) is 30.3 Å². The van der Waals surface area contributed by atoms with Gasteiger partial charge in [-0.25, -0.2) is 9.97 Å². The molecule has 0 saturated carbocycles. The Morgan fingerprint density at radius 3 is 2.83 bits per heavy atom. The number of ether oxygens (including phenoxy) is 1. The highest BCUT2D eigenvalue weighted by molar-refractivity contribution is 5.98. The van der Waals surface area contributed by atoms with E-state index >= 15 is 0 Å². The van der Waals surface area contributed by atoms with Crippen molar-refractivity contribution in [2.45, 2.75) is 20.3 Å². The number of hydrogen-bond acceptors (Lipinski definition) is 6. The Bertz CT molecular complexity index is 1430. The van der Waals surface area contributed by atoms with Gasteiger partial charge in [0.05, 0.1) is 29.7 Å². The first-order valence-corrected chi connectivity index (χ1v) is 11.8. The van der Waals surface area contributed by atoms with Gasteiger partial charge in [-0.15, -0.1) is 0 Å². The van der Waals surface area contributed by atoms with Gasteiger partial charge in [-0.1, -0.05) is 13.0 Å². The predicted octanol–water partition coefficient (Wildman–Crippen LogP) is 3.59. The number of aromatic hydroxyl groups is 1. The summed E-state index contributed by atoms with van der Waals surface area (Å²) in [6.07, 6.45) is 5.31. The number of pyridine rings is 1. The first kappa shape index (κ1) is 24.6. The summed E-state index contributed by atoms with van der Waals surface area (Å²) in [6, 6.07) is 14.2. The standard InChI is InChI=1S/C27H28N6O3/c1-3-13-29-24(11-12-28)33-26(35)18-7-9-21-22(16-18)32-25(31-21)20-15-17(8-10-23(20)34)19-6-5-14-30-27(19)36-4-2/h5-12,14-16,28-29,34H,3-4,13H2,1-2H3,(H,31,32)(H,33,35)/p+1. The average Bonchev–Trinajstić information content (AvgIpc) is 3.31. The maximum Gasteiger partial charge on any atom is 0.259 e. The van der Waals surface area contributed by atoms with Crippen molar-refractivity contribution in [2.24, 2.45) is 0 Å². The maximum absolute atomic E-state index is 12.8. The van der Waals surface area contributed by atoms with Crippen LogP contribution in [0.15, 0.2) is 66.6 Å². The minimum Gasteiger partial charge on any atom is -0.507 e. The number of quaternary nitrogens is 1. The van der Waals surface area contributed by atoms with Crippen LogP contribution in [0, 0.1) is 5.41 Å². The van der Waals surface area contributed by atoms with E-state index < -0.39 is 0 Å². The minimum absolute atomic E-state index is 0.0745. The van der Waals surface area contributed by atoms with Crippen molar-refractivity contribution < 1.29 is 20.0 Å². The van der Waals surface area contributed by atoms with Crippen LogP contribution in [0.2, 0.25) is 0 Å². The van der Waals surface area contributed by atoms with Crippen LogP contribution >= 0.6 is 0 Å². The molecule has 184 valence electrons. The van der Waals surface area contributed by atoms with E-state index in [1.165, 1.54) is 0 Å². The van der Waals surface area contributed by atoms with Crippen LogP contribution in [-0.4, -0.2) is 45.3 Å². The van der Waals surface area contributed by atoms with Crippen LogP contribution in [0.25, 0.3) is 33.5 Å². The summed E-state index contributed by atoms with van der Waals surface area (Å²) in [5, 5.41) is 22.6. The number of benzene rings is 2. The summed E-state index contributed by atoms with van der Waals surface area (Å²) < 4.78 is 5.66. The van der Waals surface area contributed by atoms with Gasteiger partial charge >= 0.3 is 0 Å². The van der Waals surface area contributed by atoms with Crippen molar-refractivity contribution in [3.63, 3.8) is 0 Å². The van der Waals surface area contributed by atoms with Crippen LogP contribution in [0.3, 0.4) is 0 Å². The number of H-pyrrole nitrogens is 1. The smallest absolute Gasteiger partial charge is 0.259 e. The minimum atomic E-state index is -0.279. The fraction of sp³-hybridized carbons (Fsp3) is 0.185. The van der Waals surface area contributed by atoms with Crippen LogP contribution in [0.5, 0.6) is 11.6 Å². The third-order valence-corrected chi connectivity index (χ3v) is 5.53. The Kier molecular flexibility index (Phi) is 7.72. The number of phenols is 1. The predicted molar refractivity (Wildman–Crippen MR) is 139 cm³/mol. The summed E-state index contributed by atoms with van der Waals surface area (Å²) in [6.45, 7) is 5.24. The number of fused-ring (bicyclic) bond motifs is 1. The van der Waals surface area contributed by atoms with Crippen LogP contribution in [-0.2, 0) is 0 Å². The lowest BCUT2D eigenvalue weighted by Gasteiger charge is -2.10. The highest BCUT2D eigenvalue weighted by atomic mass is 16.5. The number of imidazole rings is 1. The fourth-order valence-electron chi connectivity index (χ4n) is 3.79. The molecule has 2 aromatic heterocycles. The molecule has 36 heavy (non-hydrogen) atoms. The van der Waals surface area contributed by atoms with Gasteiger partial charge in [0.15, 0.2) is 0 Å². The molecule has 1 amide bonds. The Morgan fingerprint density at radius 1 is 1.19 bits per heavy atom. The molecule has 6 N–H and O–H groups in total. The number of carbonyl (C=O) groups excluding carboxylic acids is 1. The molecule has 0 bridgehead atoms. The number of allylic oxidation sites excluding steroid dienone is 1. The van der Waals surface area contributed by atoms with Gasteiger partial charge < -0.3 is 20.2 Å². The van der Waals surface area contributed by atoms with Crippen molar-refractivity contribution in [1.82, 2.24) is 20.3 Å². The average molecular weight is 486 g/mol. The Morgan fingerprint density at radius 2 is 2.06 bits per heavy atom. The molecular formula is C27H29N6O3+. The Balaban J connectivity index is 1.65. The summed E-state index contributed by atoms with van der Waals surface area (Å²) >= 11 is 0. The van der Waals surface area contributed by atoms with Crippen molar-refractivity contribution in [3.05, 3.63) is 72.2 Å². The molecular weight excluding hydrogens is 456 g/mol. The van der Waals surface area contributed by atoms with E-state index in [-0.39, 0.29) is 11.7 Å². The molecule has 0 aliphatic carbocycles. The second-order valence-electron chi connectivity index (χ2n) is 8.07. The van der Waals surface area contributed by atoms with Crippen molar-refractivity contribution in [3.8, 4) is 34.1 Å². The van der Waals surface area contributed by atoms with E-state index in [2.05, 4.69) is 20.3 Å². The van der Waals surface area contributed by atoms with E-state index in [4.69, 9.17) is 10.1 Å². The molecule has 2 heterocycles. The SMILES string of the molecule is CCC[NH2+]C(=CC=N)NC(=O)c1ccc2nc(-c3cc(-c4cccnc4OCC)ccc3O)[nH]c2c1. The summed E-state index contributed by atoms with van der Waals surface area (Å²) in [7, 11) is 0. The molecule has 0 aliphatic heterocycles. The van der Waals surface area contributed by atoms with Gasteiger partial charge in [-0.05, 0) is 61.4 Å². The molecule has 4 rings (SSSR count). The monoisotopic (exact) mass is 485 g/mol. The van der Waals surface area contributed by atoms with E-state index in [9.17, 15) is 9.90 Å². The number of rotatable bonds is 10. The molecule has 0 saturated heterocycles. The quantitative estimate of drug-likeness (QED) is 0.218. The van der Waals surface area contributed by atoms with Crippen LogP contribution in [0.4, 0.5) is 0 Å². The molecule has 0 fully saturated rings. The number of amides is 1. The summed E-state index contributed by atoms with van der Waals surface area (Å²) in [4.78, 5) is 25.0. The van der Waals surface area contributed by atoms with Gasteiger partial charge in [0.1, 0.15) is 11.6 Å². The third kappa shape index (κ3) is 5.42. The molecule has 0 unspecified atom stereocenters. The van der Waals surface area contributed by atoms with Gasteiger partial charge in [0, 0.05) is 29.6 Å². The van der Waals surface area contributed by atoms with Gasteiger partial charge in [0.25, 0.3) is 5.91 Å². The van der Waals surface area contributed by atoms with Crippen LogP contribution in [0.1, 0.15) is 30.6 Å². The lowest BCUT2D eigenvalue weighted by atomic mass is 10.0. The van der Waals surface area contributed by atoms with Gasteiger partial charge in [-0.2, -0.15) is 0 Å². The molecule has 9 heteroatoms. The zero-order valence-electron chi connectivity index (χ0n) is 20.2. The molecule has 0 spiro atoms. The lowest BCUT2D eigenvalue weighted by Crippen LogP contribution is -2.85. The number of carbonyl (C=O) groups is 1. The lowest BCUT2D eigenvalue weighted by molar-refractivity contribution is -0.610. The van der Waals surface area contributed by atoms with Gasteiger partial charge in [-0.3, -0.25) is 15.4 Å². The number of aromatic nitrogens is 3. The maximum atomic E-state index is 12.8. The molecule has 0 radical (unpaired) electrons. The van der Waals surface area contributed by atoms with Crippen molar-refractivity contribution >= 4 is 23.2 Å². The first-order chi connectivity index (χ1) is 17.5. The number of hydrogen-bond donors (Lipinski definition) is 5. The molecule has 0 atom stereocenters. The van der Waals surface area contributed by atoms with Crippen molar-refractivity contribution in [1.29, 1.82) is 5.41 Å². The normalized spacial score (nSPS) is 11.4. The third-order valence-electron chi connectivity index (χ3n) is 5.53. The Labute approximate surface area is 208 Å². The molecule has 2 aromatic carbocycles. The molecule has 4 aromatic rings. The molecule has 0 aliphatic rings. The van der Waals surface area contributed by atoms with Crippen molar-refractivity contribution in [2.75, 3.05) is 13.2 Å². The Hall–Kier alpha value is -4.50. The van der Waals surface area contributed by atoms with E-state index in [0.29, 0.717) is 46.3 Å². The number of nitrogens with one attached hydrogen (secondary N) is 3. The number of phenolic OH excluding ortho intramolecular Hbond substituents is 1.